The Morgan fingerprint density at radius 2 is 1.92 bits per heavy atom. The van der Waals surface area contributed by atoms with Crippen LogP contribution in [-0.4, -0.2) is 43.4 Å². The Bertz CT molecular complexity index is 1600. The average molecular weight is 558 g/mol. The summed E-state index contributed by atoms with van der Waals surface area (Å²) in [5, 5.41) is 18.0. The van der Waals surface area contributed by atoms with E-state index in [1.165, 1.54) is 12.1 Å². The minimum Gasteiger partial charge on any atom is -0.420 e. The average Bonchev–Trinajstić information content (AvgIpc) is 3.55. The highest BCUT2D eigenvalue weighted by Gasteiger charge is 2.27. The van der Waals surface area contributed by atoms with Crippen molar-refractivity contribution in [3.63, 3.8) is 0 Å². The van der Waals surface area contributed by atoms with Crippen LogP contribution >= 0.6 is 34.8 Å². The molecule has 0 unspecified atom stereocenters. The normalized spacial score (nSPS) is 16.5. The number of likely N-dealkylation sites (tertiary alicyclic amines) is 1. The van der Waals surface area contributed by atoms with Crippen molar-refractivity contribution in [2.45, 2.75) is 25.3 Å². The van der Waals surface area contributed by atoms with Gasteiger partial charge in [-0.1, -0.05) is 34.8 Å². The van der Waals surface area contributed by atoms with Crippen molar-refractivity contribution in [1.29, 1.82) is 0 Å². The van der Waals surface area contributed by atoms with Crippen LogP contribution in [0, 0.1) is 5.82 Å². The Kier molecular flexibility index (Phi) is 6.58. The predicted molar refractivity (Wildman–Crippen MR) is 141 cm³/mol. The zero-order valence-electron chi connectivity index (χ0n) is 19.4. The van der Waals surface area contributed by atoms with E-state index in [0.29, 0.717) is 40.6 Å². The summed E-state index contributed by atoms with van der Waals surface area (Å²) < 4.78 is 20.1. The smallest absolute Gasteiger partial charge is 0.247 e. The van der Waals surface area contributed by atoms with Crippen LogP contribution in [-0.2, 0) is 6.54 Å². The number of piperidine rings is 1. The number of rotatable bonds is 5. The number of halogens is 4. The van der Waals surface area contributed by atoms with Crippen LogP contribution in [0.4, 0.5) is 4.39 Å². The SMILES string of the molecule is Fc1cc(CN2CCC[C@@H](c3nnc(-c4ccc5[nH]nc(-c6ccnc(Cl)c6)c5c4)o3)C2)c(Cl)cc1Cl. The first-order chi connectivity index (χ1) is 17.9. The van der Waals surface area contributed by atoms with Crippen LogP contribution in [0.1, 0.15) is 30.2 Å². The van der Waals surface area contributed by atoms with Gasteiger partial charge in [0.25, 0.3) is 0 Å². The Hall–Kier alpha value is -3.04. The van der Waals surface area contributed by atoms with Crippen molar-refractivity contribution in [1.82, 2.24) is 30.3 Å². The van der Waals surface area contributed by atoms with Crippen LogP contribution in [0.3, 0.4) is 0 Å². The van der Waals surface area contributed by atoms with Gasteiger partial charge in [-0.05, 0) is 67.4 Å². The third-order valence-corrected chi connectivity index (χ3v) is 7.44. The number of nitrogens with zero attached hydrogens (tertiary/aromatic N) is 5. The summed E-state index contributed by atoms with van der Waals surface area (Å²) in [6, 6.07) is 12.3. The van der Waals surface area contributed by atoms with Gasteiger partial charge in [-0.3, -0.25) is 10.00 Å². The number of H-pyrrole nitrogens is 1. The Labute approximate surface area is 226 Å². The first-order valence-corrected chi connectivity index (χ1v) is 12.9. The van der Waals surface area contributed by atoms with Gasteiger partial charge in [0.15, 0.2) is 0 Å². The van der Waals surface area contributed by atoms with E-state index in [1.807, 2.05) is 24.3 Å². The predicted octanol–water partition coefficient (Wildman–Crippen LogP) is 7.15. The molecule has 2 aromatic carbocycles. The van der Waals surface area contributed by atoms with E-state index in [1.54, 1.807) is 12.3 Å². The minimum absolute atomic E-state index is 0.0222. The van der Waals surface area contributed by atoms with E-state index < -0.39 is 5.82 Å². The second-order valence-electron chi connectivity index (χ2n) is 9.08. The minimum atomic E-state index is -0.471. The van der Waals surface area contributed by atoms with E-state index in [-0.39, 0.29) is 10.9 Å². The molecule has 3 aromatic heterocycles. The second kappa shape index (κ2) is 10.0. The molecule has 0 saturated carbocycles. The topological polar surface area (TPSA) is 83.7 Å². The van der Waals surface area contributed by atoms with Gasteiger partial charge < -0.3 is 4.42 Å². The molecule has 0 amide bonds. The fraction of sp³-hybridized carbons (Fsp3) is 0.231. The van der Waals surface area contributed by atoms with Crippen LogP contribution in [0.15, 0.2) is 53.1 Å². The molecule has 1 aliphatic rings. The number of hydrogen-bond acceptors (Lipinski definition) is 6. The fourth-order valence-corrected chi connectivity index (χ4v) is 5.38. The molecule has 5 aromatic rings. The number of benzene rings is 2. The molecule has 4 heterocycles. The lowest BCUT2D eigenvalue weighted by atomic mass is 9.97. The molecule has 1 atom stereocenters. The van der Waals surface area contributed by atoms with Crippen molar-refractivity contribution in [2.75, 3.05) is 13.1 Å². The third kappa shape index (κ3) is 4.94. The molecular weight excluding hydrogens is 538 g/mol. The second-order valence-corrected chi connectivity index (χ2v) is 10.3. The lowest BCUT2D eigenvalue weighted by Gasteiger charge is -2.31. The van der Waals surface area contributed by atoms with Crippen molar-refractivity contribution in [3.05, 3.63) is 81.1 Å². The van der Waals surface area contributed by atoms with E-state index >= 15 is 0 Å². The van der Waals surface area contributed by atoms with Gasteiger partial charge >= 0.3 is 0 Å². The maximum Gasteiger partial charge on any atom is 0.247 e. The summed E-state index contributed by atoms with van der Waals surface area (Å²) >= 11 is 18.2. The molecule has 1 N–H and O–H groups in total. The van der Waals surface area contributed by atoms with Gasteiger partial charge in [0.2, 0.25) is 11.8 Å². The van der Waals surface area contributed by atoms with Gasteiger partial charge in [-0.25, -0.2) is 9.37 Å². The van der Waals surface area contributed by atoms with Crippen LogP contribution in [0.25, 0.3) is 33.6 Å². The summed E-state index contributed by atoms with van der Waals surface area (Å²) in [7, 11) is 0. The lowest BCUT2D eigenvalue weighted by molar-refractivity contribution is 0.186. The Balaban J connectivity index is 1.23. The molecule has 11 heteroatoms. The van der Waals surface area contributed by atoms with Crippen molar-refractivity contribution >= 4 is 45.7 Å². The molecule has 0 bridgehead atoms. The zero-order valence-corrected chi connectivity index (χ0v) is 21.7. The Morgan fingerprint density at radius 1 is 1.03 bits per heavy atom. The van der Waals surface area contributed by atoms with E-state index in [2.05, 4.69) is 30.3 Å². The Morgan fingerprint density at radius 3 is 2.78 bits per heavy atom. The molecule has 1 aliphatic heterocycles. The maximum absolute atomic E-state index is 14.0. The third-order valence-electron chi connectivity index (χ3n) is 6.59. The van der Waals surface area contributed by atoms with Crippen molar-refractivity contribution < 1.29 is 8.81 Å². The number of hydrogen-bond donors (Lipinski definition) is 1. The summed E-state index contributed by atoms with van der Waals surface area (Å²) in [5.41, 5.74) is 4.01. The van der Waals surface area contributed by atoms with E-state index in [0.717, 1.165) is 47.1 Å². The summed E-state index contributed by atoms with van der Waals surface area (Å²) in [6.45, 7) is 2.09. The molecule has 7 nitrogen and oxygen atoms in total. The number of fused-ring (bicyclic) bond motifs is 1. The molecule has 1 fully saturated rings. The molecular formula is C26H20Cl3FN6O. The molecule has 37 heavy (non-hydrogen) atoms. The van der Waals surface area contributed by atoms with Crippen molar-refractivity contribution in [3.8, 4) is 22.7 Å². The highest BCUT2D eigenvalue weighted by atomic mass is 35.5. The molecule has 0 spiro atoms. The van der Waals surface area contributed by atoms with Crippen LogP contribution in [0.5, 0.6) is 0 Å². The van der Waals surface area contributed by atoms with Gasteiger partial charge in [0, 0.05) is 40.8 Å². The highest BCUT2D eigenvalue weighted by molar-refractivity contribution is 6.35. The quantitative estimate of drug-likeness (QED) is 0.182. The van der Waals surface area contributed by atoms with E-state index in [9.17, 15) is 4.39 Å². The largest absolute Gasteiger partial charge is 0.420 e. The van der Waals surface area contributed by atoms with Crippen LogP contribution < -0.4 is 0 Å². The zero-order chi connectivity index (χ0) is 25.5. The highest BCUT2D eigenvalue weighted by Crippen LogP contribution is 2.33. The molecule has 188 valence electrons. The first-order valence-electron chi connectivity index (χ1n) is 11.7. The number of aromatic amines is 1. The monoisotopic (exact) mass is 556 g/mol. The molecule has 0 aliphatic carbocycles. The summed E-state index contributed by atoms with van der Waals surface area (Å²) in [5.74, 6) is 0.623. The summed E-state index contributed by atoms with van der Waals surface area (Å²) in [6.07, 6.45) is 3.53. The number of pyridine rings is 1. The van der Waals surface area contributed by atoms with Gasteiger partial charge in [0.1, 0.15) is 16.7 Å². The lowest BCUT2D eigenvalue weighted by Crippen LogP contribution is -2.34. The van der Waals surface area contributed by atoms with Gasteiger partial charge in [-0.15, -0.1) is 10.2 Å². The first kappa shape index (κ1) is 24.3. The molecule has 0 radical (unpaired) electrons. The van der Waals surface area contributed by atoms with E-state index in [4.69, 9.17) is 39.2 Å². The maximum atomic E-state index is 14.0. The summed E-state index contributed by atoms with van der Waals surface area (Å²) in [4.78, 5) is 6.26. The fourth-order valence-electron chi connectivity index (χ4n) is 4.76. The molecule has 6 rings (SSSR count). The van der Waals surface area contributed by atoms with Gasteiger partial charge in [-0.2, -0.15) is 5.10 Å². The number of nitrogens with one attached hydrogen (secondary N) is 1. The number of aromatic nitrogens is 5. The van der Waals surface area contributed by atoms with Gasteiger partial charge in [0.05, 0.1) is 16.5 Å². The van der Waals surface area contributed by atoms with Crippen LogP contribution in [0.2, 0.25) is 15.2 Å². The molecule has 1 saturated heterocycles. The van der Waals surface area contributed by atoms with Crippen molar-refractivity contribution in [2.24, 2.45) is 0 Å². The standard InChI is InChI=1S/C26H20Cl3FN6O/c27-19-11-20(28)21(30)9-17(19)13-36-7-1-2-16(12-36)26-35-34-25(37-26)15-3-4-22-18(8-15)24(33-32-22)14-5-6-31-23(29)10-14/h3-6,8-11,16H,1-2,7,12-13H2,(H,32,33)/t16-/m1/s1.